The van der Waals surface area contributed by atoms with Gasteiger partial charge in [0.1, 0.15) is 0 Å². The fraction of sp³-hybridized carbons (Fsp3) is 0.500. The maximum atomic E-state index is 8.68. The molecule has 44 heavy (non-hydrogen) atoms. The summed E-state index contributed by atoms with van der Waals surface area (Å²) < 4.78 is 0.361. The van der Waals surface area contributed by atoms with Crippen molar-refractivity contribution in [1.82, 2.24) is 0 Å². The van der Waals surface area contributed by atoms with Crippen molar-refractivity contribution in [3.8, 4) is 0 Å². The average Bonchev–Trinajstić information content (AvgIpc) is 3.52. The van der Waals surface area contributed by atoms with Crippen molar-refractivity contribution in [3.05, 3.63) is 106 Å². The number of unbranched alkanes of at least 4 members (excludes halogenated alkanes) is 4. The number of allylic oxidation sites excluding steroid dienone is 4. The van der Waals surface area contributed by atoms with Crippen LogP contribution in [0.4, 0.5) is 0 Å². The summed E-state index contributed by atoms with van der Waals surface area (Å²) in [5, 5.41) is 0. The number of hydrogen-bond acceptors (Lipinski definition) is 0. The summed E-state index contributed by atoms with van der Waals surface area (Å²) in [5.74, 6) is -0.456. The Morgan fingerprint density at radius 3 is 1.45 bits per heavy atom. The van der Waals surface area contributed by atoms with Gasteiger partial charge in [-0.15, -0.1) is 0 Å². The van der Waals surface area contributed by atoms with Gasteiger partial charge in [-0.3, -0.25) is 0 Å². The van der Waals surface area contributed by atoms with E-state index in [0.717, 1.165) is 38.5 Å². The molecule has 0 saturated carbocycles. The van der Waals surface area contributed by atoms with Crippen molar-refractivity contribution in [3.63, 3.8) is 0 Å². The third-order valence-electron chi connectivity index (χ3n) is 10.2. The zero-order chi connectivity index (χ0) is 32.1. The van der Waals surface area contributed by atoms with Gasteiger partial charge in [0, 0.05) is 0 Å². The van der Waals surface area contributed by atoms with Crippen LogP contribution >= 0.6 is 17.0 Å². The Balaban J connectivity index is 1.90. The van der Waals surface area contributed by atoms with Gasteiger partial charge in [-0.1, -0.05) is 0 Å². The summed E-state index contributed by atoms with van der Waals surface area (Å²) in [6.45, 7) is 22.2. The summed E-state index contributed by atoms with van der Waals surface area (Å²) in [6, 6.07) is 14.1. The van der Waals surface area contributed by atoms with Gasteiger partial charge >= 0.3 is 281 Å². The van der Waals surface area contributed by atoms with Crippen LogP contribution in [0.2, 0.25) is 13.1 Å². The van der Waals surface area contributed by atoms with Gasteiger partial charge in [-0.25, -0.2) is 0 Å². The van der Waals surface area contributed by atoms with E-state index in [1.807, 2.05) is 12.2 Å². The average molecular weight is 728 g/mol. The third-order valence-corrected chi connectivity index (χ3v) is 62.0. The Morgan fingerprint density at radius 1 is 0.705 bits per heavy atom. The predicted octanol–water partition coefficient (Wildman–Crippen LogP) is 13.1. The molecular weight excluding hydrogens is 671 g/mol. The molecule has 0 aromatic heterocycles. The number of benzene rings is 2. The van der Waals surface area contributed by atoms with Crippen LogP contribution in [0.1, 0.15) is 120 Å². The van der Waals surface area contributed by atoms with Gasteiger partial charge in [-0.2, -0.15) is 0 Å². The summed E-state index contributed by atoms with van der Waals surface area (Å²) in [6.07, 6.45) is 20.4. The molecule has 0 saturated heterocycles. The molecule has 0 bridgehead atoms. The van der Waals surface area contributed by atoms with Crippen molar-refractivity contribution in [2.45, 2.75) is 112 Å². The minimum absolute atomic E-state index is 0.180. The van der Waals surface area contributed by atoms with E-state index in [1.54, 1.807) is 0 Å². The van der Waals surface area contributed by atoms with Crippen LogP contribution in [0.5, 0.6) is 0 Å². The molecule has 0 N–H and O–H groups in total. The molecule has 2 aromatic carbocycles. The van der Waals surface area contributed by atoms with E-state index in [0.29, 0.717) is 11.8 Å². The molecule has 2 aliphatic rings. The van der Waals surface area contributed by atoms with Crippen molar-refractivity contribution in [1.29, 1.82) is 0 Å². The van der Waals surface area contributed by atoms with E-state index in [4.69, 9.17) is 17.0 Å². The van der Waals surface area contributed by atoms with E-state index in [1.165, 1.54) is 70.2 Å². The standard InChI is InChI=1S/2C19H25.C2H7Si.2ClH.Zr/c2*1-4-5-6-7-9-17-10-8-11-18-13-16(12-15(2)3)14-19(17)18;1-3-2;;;/h2*4,8,10-11,13-15H,1,5-7,9,12H2,2-3H3;3H,1-2H3;2*1H;/q;;;;;+2/p-2. The topological polar surface area (TPSA) is 0 Å². The van der Waals surface area contributed by atoms with Crippen LogP contribution < -0.4 is 0 Å². The summed E-state index contributed by atoms with van der Waals surface area (Å²) in [5.41, 5.74) is 11.7. The molecule has 4 heteroatoms. The summed E-state index contributed by atoms with van der Waals surface area (Å²) >= 11 is -4.73. The van der Waals surface area contributed by atoms with E-state index >= 15 is 0 Å². The molecule has 2 unspecified atom stereocenters. The molecule has 4 rings (SSSR count). The minimum atomic E-state index is -4.73. The first kappa shape index (κ1) is 35.9. The summed E-state index contributed by atoms with van der Waals surface area (Å²) in [4.78, 5) is 0. The first-order valence-electron chi connectivity index (χ1n) is 17.4. The Labute approximate surface area is 278 Å². The normalized spacial score (nSPS) is 18.7. The molecule has 0 fully saturated rings. The van der Waals surface area contributed by atoms with Gasteiger partial charge in [0.2, 0.25) is 0 Å². The van der Waals surface area contributed by atoms with Crippen LogP contribution in [-0.4, -0.2) is 5.92 Å². The quantitative estimate of drug-likeness (QED) is 0.0865. The van der Waals surface area contributed by atoms with Crippen molar-refractivity contribution in [2.75, 3.05) is 0 Å². The number of aryl methyl sites for hydroxylation is 2. The van der Waals surface area contributed by atoms with Crippen LogP contribution in [0.25, 0.3) is 12.2 Å². The molecule has 239 valence electrons. The van der Waals surface area contributed by atoms with E-state index in [9.17, 15) is 0 Å². The third kappa shape index (κ3) is 7.30. The zero-order valence-electron chi connectivity index (χ0n) is 28.4. The maximum absolute atomic E-state index is 8.68. The fourth-order valence-electron chi connectivity index (χ4n) is 8.13. The Bertz CT molecular complexity index is 1300. The molecule has 0 spiro atoms. The number of rotatable bonds is 17. The van der Waals surface area contributed by atoms with E-state index in [2.05, 4.69) is 102 Å². The van der Waals surface area contributed by atoms with E-state index in [-0.39, 0.29) is 7.25 Å². The Hall–Kier alpha value is -0.920. The number of fused-ring (bicyclic) bond motifs is 2. The molecular formula is C40H57Cl2SiZr. The monoisotopic (exact) mass is 725 g/mol. The van der Waals surface area contributed by atoms with Crippen molar-refractivity contribution < 1.29 is 15.6 Å². The van der Waals surface area contributed by atoms with Crippen LogP contribution in [-0.2, 0) is 28.4 Å². The first-order chi connectivity index (χ1) is 20.9. The van der Waals surface area contributed by atoms with Crippen LogP contribution in [0.15, 0.2) is 72.9 Å². The predicted molar refractivity (Wildman–Crippen MR) is 199 cm³/mol. The molecule has 0 radical (unpaired) electrons. The van der Waals surface area contributed by atoms with Gasteiger partial charge in [0.05, 0.1) is 0 Å². The second-order valence-corrected chi connectivity index (χ2v) is 57.3. The molecule has 2 aromatic rings. The van der Waals surface area contributed by atoms with Gasteiger partial charge in [0.25, 0.3) is 0 Å². The van der Waals surface area contributed by atoms with Gasteiger partial charge < -0.3 is 0 Å². The molecule has 0 amide bonds. The SMILES string of the molecule is C=CCCCCc1cccc2c1C=C(CC(C)C)[CH]2[Zr]([Cl])([Cl])([CH]1C(CC(C)C)=Cc2c(CCCCC=C)cccc21)[SiH](C)C. The van der Waals surface area contributed by atoms with Gasteiger partial charge in [0.15, 0.2) is 0 Å². The summed E-state index contributed by atoms with van der Waals surface area (Å²) in [7, 11) is 17.4. The Morgan fingerprint density at radius 2 is 1.11 bits per heavy atom. The first-order valence-corrected chi connectivity index (χ1v) is 33.7. The van der Waals surface area contributed by atoms with Crippen molar-refractivity contribution >= 4 is 35.1 Å². The second kappa shape index (κ2) is 15.3. The number of hydrogen-bond donors (Lipinski definition) is 0. The second-order valence-electron chi connectivity index (χ2n) is 14.8. The van der Waals surface area contributed by atoms with Crippen molar-refractivity contribution in [2.24, 2.45) is 11.8 Å². The number of halogens is 2. The van der Waals surface area contributed by atoms with Crippen LogP contribution in [0.3, 0.4) is 0 Å². The molecule has 0 nitrogen and oxygen atoms in total. The molecule has 2 atom stereocenters. The molecule has 0 heterocycles. The van der Waals surface area contributed by atoms with E-state index < -0.39 is 21.5 Å². The van der Waals surface area contributed by atoms with Crippen LogP contribution in [0, 0.1) is 11.8 Å². The Kier molecular flexibility index (Phi) is 12.5. The fourth-order valence-corrected chi connectivity index (χ4v) is 39.5. The van der Waals surface area contributed by atoms with Gasteiger partial charge in [-0.05, 0) is 0 Å². The molecule has 2 aliphatic carbocycles. The molecule has 0 aliphatic heterocycles. The zero-order valence-corrected chi connectivity index (χ0v) is 33.5.